The molecule has 0 aliphatic carbocycles. The van der Waals surface area contributed by atoms with E-state index in [9.17, 15) is 9.90 Å². The first-order chi connectivity index (χ1) is 16.4. The number of carbonyl (C=O) groups excluding carboxylic acids is 1. The number of aryl methyl sites for hydroxylation is 2. The first kappa shape index (κ1) is 26.0. The molecule has 184 valence electrons. The minimum atomic E-state index is -0.183. The van der Waals surface area contributed by atoms with Gasteiger partial charge in [0, 0.05) is 11.4 Å². The highest BCUT2D eigenvalue weighted by Crippen LogP contribution is 2.30. The van der Waals surface area contributed by atoms with Crippen LogP contribution in [0.3, 0.4) is 0 Å². The Kier molecular flexibility index (Phi) is 9.75. The number of hydrogen-bond acceptors (Lipinski definition) is 5. The summed E-state index contributed by atoms with van der Waals surface area (Å²) >= 11 is 6.09. The van der Waals surface area contributed by atoms with Crippen molar-refractivity contribution in [3.05, 3.63) is 46.5 Å². The van der Waals surface area contributed by atoms with Crippen LogP contribution in [0.1, 0.15) is 76.8 Å². The van der Waals surface area contributed by atoms with Crippen molar-refractivity contribution < 1.29 is 14.6 Å². The van der Waals surface area contributed by atoms with E-state index in [1.807, 2.05) is 12.1 Å². The molecule has 0 radical (unpaired) electrons. The number of esters is 1. The number of carbonyl (C=O) groups is 1. The largest absolute Gasteiger partial charge is 0.505 e. The van der Waals surface area contributed by atoms with Crippen molar-refractivity contribution in [2.24, 2.45) is 5.92 Å². The molecule has 0 spiro atoms. The third-order valence-electron chi connectivity index (χ3n) is 6.23. The zero-order chi connectivity index (χ0) is 24.5. The highest BCUT2D eigenvalue weighted by atomic mass is 35.5. The molecule has 3 rings (SSSR count). The van der Waals surface area contributed by atoms with Crippen molar-refractivity contribution in [1.29, 1.82) is 0 Å². The molecule has 0 fully saturated rings. The van der Waals surface area contributed by atoms with Crippen molar-refractivity contribution in [2.45, 2.75) is 78.6 Å². The van der Waals surface area contributed by atoms with Gasteiger partial charge in [0.25, 0.3) is 0 Å². The van der Waals surface area contributed by atoms with E-state index in [1.54, 1.807) is 18.2 Å². The maximum absolute atomic E-state index is 12.4. The van der Waals surface area contributed by atoms with Crippen molar-refractivity contribution in [2.75, 3.05) is 6.61 Å². The van der Waals surface area contributed by atoms with Crippen LogP contribution in [-0.2, 0) is 22.4 Å². The summed E-state index contributed by atoms with van der Waals surface area (Å²) in [4.78, 5) is 13.9. The number of rotatable bonds is 13. The van der Waals surface area contributed by atoms with Gasteiger partial charge in [-0.2, -0.15) is 0 Å². The van der Waals surface area contributed by atoms with Gasteiger partial charge in [0.15, 0.2) is 0 Å². The van der Waals surface area contributed by atoms with Gasteiger partial charge in [-0.1, -0.05) is 64.1 Å². The maximum Gasteiger partial charge on any atom is 0.306 e. The Labute approximate surface area is 207 Å². The third kappa shape index (κ3) is 6.95. The molecule has 34 heavy (non-hydrogen) atoms. The Hall–Kier alpha value is -2.60. The van der Waals surface area contributed by atoms with E-state index in [2.05, 4.69) is 31.0 Å². The molecule has 0 aliphatic heterocycles. The molecule has 7 heteroatoms. The molecule has 1 N–H and O–H groups in total. The molecule has 0 bridgehead atoms. The van der Waals surface area contributed by atoms with E-state index in [1.165, 1.54) is 4.80 Å². The van der Waals surface area contributed by atoms with E-state index in [0.29, 0.717) is 47.1 Å². The van der Waals surface area contributed by atoms with E-state index in [-0.39, 0.29) is 11.7 Å². The molecule has 1 unspecified atom stereocenters. The summed E-state index contributed by atoms with van der Waals surface area (Å²) in [6, 6.07) is 9.16. The first-order valence-corrected chi connectivity index (χ1v) is 12.9. The predicted molar refractivity (Wildman–Crippen MR) is 137 cm³/mol. The zero-order valence-electron chi connectivity index (χ0n) is 20.5. The number of fused-ring (bicyclic) bond motifs is 1. The van der Waals surface area contributed by atoms with Gasteiger partial charge in [-0.3, -0.25) is 4.79 Å². The summed E-state index contributed by atoms with van der Waals surface area (Å²) in [5.41, 5.74) is 3.65. The molecule has 1 atom stereocenters. The number of aromatic hydroxyl groups is 1. The van der Waals surface area contributed by atoms with Crippen molar-refractivity contribution >= 4 is 28.6 Å². The fraction of sp³-hybridized carbons (Fsp3) is 0.519. The summed E-state index contributed by atoms with van der Waals surface area (Å²) in [7, 11) is 0. The average Bonchev–Trinajstić information content (AvgIpc) is 3.25. The lowest BCUT2D eigenvalue weighted by molar-refractivity contribution is -0.145. The lowest BCUT2D eigenvalue weighted by atomic mass is 10.00. The smallest absolute Gasteiger partial charge is 0.306 e. The summed E-state index contributed by atoms with van der Waals surface area (Å²) in [6.45, 7) is 6.93. The number of benzene rings is 2. The topological polar surface area (TPSA) is 77.2 Å². The highest BCUT2D eigenvalue weighted by molar-refractivity contribution is 6.31. The van der Waals surface area contributed by atoms with Gasteiger partial charge in [-0.05, 0) is 67.0 Å². The van der Waals surface area contributed by atoms with Gasteiger partial charge in [-0.15, -0.1) is 15.0 Å². The number of aromatic nitrogens is 3. The van der Waals surface area contributed by atoms with Crippen LogP contribution in [0.25, 0.3) is 16.7 Å². The van der Waals surface area contributed by atoms with E-state index in [4.69, 9.17) is 16.3 Å². The molecule has 3 aromatic rings. The second-order valence-electron chi connectivity index (χ2n) is 8.95. The Morgan fingerprint density at radius 1 is 1.06 bits per heavy atom. The molecule has 0 aliphatic rings. The number of phenols is 1. The lowest BCUT2D eigenvalue weighted by Gasteiger charge is -2.15. The number of unbranched alkanes of at least 4 members (excludes halogenated alkanes) is 2. The summed E-state index contributed by atoms with van der Waals surface area (Å²) in [5, 5.41) is 20.6. The van der Waals surface area contributed by atoms with Crippen LogP contribution in [0.5, 0.6) is 5.75 Å². The van der Waals surface area contributed by atoms with Gasteiger partial charge < -0.3 is 9.84 Å². The standard InChI is InChI=1S/C27H36ClN3O3/c1-4-7-9-19(6-3)18-34-26(32)14-11-20-15-21(10-8-5-2)27(33)25(16-20)31-29-23-13-12-22(28)17-24(23)30-31/h12-13,15-17,19,33H,4-11,14,18H2,1-3H3. The molecule has 0 saturated heterocycles. The lowest BCUT2D eigenvalue weighted by Crippen LogP contribution is -2.14. The molecular formula is C27H36ClN3O3. The number of nitrogens with zero attached hydrogens (tertiary/aromatic N) is 3. The molecule has 0 saturated carbocycles. The fourth-order valence-electron chi connectivity index (χ4n) is 4.02. The molecular weight excluding hydrogens is 450 g/mol. The monoisotopic (exact) mass is 485 g/mol. The van der Waals surface area contributed by atoms with Crippen LogP contribution in [0.15, 0.2) is 30.3 Å². The van der Waals surface area contributed by atoms with E-state index in [0.717, 1.165) is 56.1 Å². The second kappa shape index (κ2) is 12.7. The molecule has 2 aromatic carbocycles. The van der Waals surface area contributed by atoms with Crippen LogP contribution < -0.4 is 0 Å². The average molecular weight is 486 g/mol. The van der Waals surface area contributed by atoms with Crippen LogP contribution in [0, 0.1) is 5.92 Å². The molecule has 1 heterocycles. The van der Waals surface area contributed by atoms with Gasteiger partial charge in [0.2, 0.25) is 0 Å². The Bertz CT molecular complexity index is 1100. The van der Waals surface area contributed by atoms with Crippen LogP contribution in [-0.4, -0.2) is 32.7 Å². The SMILES string of the molecule is CCCCc1cc(CCC(=O)OCC(CC)CCCC)cc(-n2nc3ccc(Cl)cc3n2)c1O. The van der Waals surface area contributed by atoms with Crippen molar-refractivity contribution in [3.8, 4) is 11.4 Å². The minimum Gasteiger partial charge on any atom is -0.505 e. The second-order valence-corrected chi connectivity index (χ2v) is 9.38. The van der Waals surface area contributed by atoms with Gasteiger partial charge in [-0.25, -0.2) is 0 Å². The quantitative estimate of drug-likeness (QED) is 0.269. The Morgan fingerprint density at radius 3 is 2.56 bits per heavy atom. The summed E-state index contributed by atoms with van der Waals surface area (Å²) in [5.74, 6) is 0.420. The van der Waals surface area contributed by atoms with Gasteiger partial charge in [0.1, 0.15) is 22.5 Å². The van der Waals surface area contributed by atoms with Gasteiger partial charge in [0.05, 0.1) is 6.61 Å². The Morgan fingerprint density at radius 2 is 1.82 bits per heavy atom. The zero-order valence-corrected chi connectivity index (χ0v) is 21.3. The predicted octanol–water partition coefficient (Wildman–Crippen LogP) is 6.81. The Balaban J connectivity index is 1.77. The van der Waals surface area contributed by atoms with E-state index < -0.39 is 0 Å². The van der Waals surface area contributed by atoms with Crippen LogP contribution >= 0.6 is 11.6 Å². The van der Waals surface area contributed by atoms with Crippen molar-refractivity contribution in [1.82, 2.24) is 15.0 Å². The molecule has 6 nitrogen and oxygen atoms in total. The minimum absolute atomic E-state index is 0.174. The van der Waals surface area contributed by atoms with Crippen molar-refractivity contribution in [3.63, 3.8) is 0 Å². The van der Waals surface area contributed by atoms with Crippen LogP contribution in [0.4, 0.5) is 0 Å². The van der Waals surface area contributed by atoms with E-state index >= 15 is 0 Å². The molecule has 0 amide bonds. The highest BCUT2D eigenvalue weighted by Gasteiger charge is 2.16. The molecule has 1 aromatic heterocycles. The summed E-state index contributed by atoms with van der Waals surface area (Å²) in [6.07, 6.45) is 7.98. The summed E-state index contributed by atoms with van der Waals surface area (Å²) < 4.78 is 5.57. The normalized spacial score (nSPS) is 12.2. The fourth-order valence-corrected chi connectivity index (χ4v) is 4.19. The number of hydrogen-bond donors (Lipinski definition) is 1. The number of phenolic OH excluding ortho intramolecular Hbond substituents is 1. The third-order valence-corrected chi connectivity index (χ3v) is 6.46. The number of ether oxygens (including phenoxy) is 1. The van der Waals surface area contributed by atoms with Crippen LogP contribution in [0.2, 0.25) is 5.02 Å². The maximum atomic E-state index is 12.4. The number of halogens is 1. The van der Waals surface area contributed by atoms with Gasteiger partial charge >= 0.3 is 5.97 Å². The first-order valence-electron chi connectivity index (χ1n) is 12.5.